The van der Waals surface area contributed by atoms with Crippen molar-refractivity contribution in [3.8, 4) is 0 Å². The van der Waals surface area contributed by atoms with E-state index in [1.165, 1.54) is 17.8 Å². The van der Waals surface area contributed by atoms with Gasteiger partial charge in [0.05, 0.1) is 11.4 Å². The van der Waals surface area contributed by atoms with E-state index in [-0.39, 0.29) is 11.8 Å². The maximum atomic E-state index is 13.4. The van der Waals surface area contributed by atoms with Crippen LogP contribution in [0.25, 0.3) is 0 Å². The summed E-state index contributed by atoms with van der Waals surface area (Å²) in [6.07, 6.45) is 1.47. The second-order valence-corrected chi connectivity index (χ2v) is 6.43. The number of rotatable bonds is 1. The molecule has 7 heteroatoms. The van der Waals surface area contributed by atoms with Crippen molar-refractivity contribution in [3.05, 3.63) is 65.3 Å². The average molecular weight is 367 g/mol. The van der Waals surface area contributed by atoms with Gasteiger partial charge in [-0.25, -0.2) is 4.68 Å². The van der Waals surface area contributed by atoms with E-state index in [0.717, 1.165) is 5.69 Å². The summed E-state index contributed by atoms with van der Waals surface area (Å²) >= 11 is 6.21. The number of aromatic nitrogens is 2. The SMILES string of the molecule is CC(=O)n1cc2c(n1)N(C)c1ccc(Cl)cc1N(c1ccccc1)C2=O. The van der Waals surface area contributed by atoms with Gasteiger partial charge in [-0.3, -0.25) is 14.5 Å². The van der Waals surface area contributed by atoms with Gasteiger partial charge in [-0.2, -0.15) is 0 Å². The molecule has 0 saturated heterocycles. The minimum Gasteiger partial charge on any atom is -0.326 e. The van der Waals surface area contributed by atoms with Gasteiger partial charge >= 0.3 is 0 Å². The first-order chi connectivity index (χ1) is 12.5. The van der Waals surface area contributed by atoms with Crippen molar-refractivity contribution < 1.29 is 9.59 Å². The number of carbonyl (C=O) groups excluding carboxylic acids is 2. The summed E-state index contributed by atoms with van der Waals surface area (Å²) in [4.78, 5) is 28.5. The van der Waals surface area contributed by atoms with Crippen LogP contribution in [-0.4, -0.2) is 28.6 Å². The topological polar surface area (TPSA) is 58.4 Å². The van der Waals surface area contributed by atoms with Crippen LogP contribution in [0.3, 0.4) is 0 Å². The third-order valence-corrected chi connectivity index (χ3v) is 4.56. The summed E-state index contributed by atoms with van der Waals surface area (Å²) in [5.74, 6) is -0.111. The van der Waals surface area contributed by atoms with Gasteiger partial charge in [0, 0.05) is 30.9 Å². The van der Waals surface area contributed by atoms with Gasteiger partial charge in [0.2, 0.25) is 5.91 Å². The van der Waals surface area contributed by atoms with Crippen molar-refractivity contribution in [1.82, 2.24) is 9.78 Å². The van der Waals surface area contributed by atoms with Crippen molar-refractivity contribution in [2.45, 2.75) is 6.92 Å². The van der Waals surface area contributed by atoms with Crippen molar-refractivity contribution in [3.63, 3.8) is 0 Å². The molecule has 4 rings (SSSR count). The molecule has 2 aromatic carbocycles. The monoisotopic (exact) mass is 366 g/mol. The Kier molecular flexibility index (Phi) is 3.77. The molecule has 0 bridgehead atoms. The highest BCUT2D eigenvalue weighted by Crippen LogP contribution is 2.43. The number of hydrogen-bond acceptors (Lipinski definition) is 4. The molecule has 2 heterocycles. The number of fused-ring (bicyclic) bond motifs is 2. The van der Waals surface area contributed by atoms with E-state index in [4.69, 9.17) is 11.6 Å². The highest BCUT2D eigenvalue weighted by Gasteiger charge is 2.33. The first-order valence-electron chi connectivity index (χ1n) is 8.01. The molecule has 3 aromatic rings. The average Bonchev–Trinajstić information content (AvgIpc) is 3.05. The quantitative estimate of drug-likeness (QED) is 0.645. The van der Waals surface area contributed by atoms with E-state index < -0.39 is 0 Å². The highest BCUT2D eigenvalue weighted by atomic mass is 35.5. The molecular formula is C19H15ClN4O2. The standard InChI is InChI=1S/C19H15ClN4O2/c1-12(25)23-11-15-18(21-23)22(2)16-9-8-13(20)10-17(16)24(19(15)26)14-6-4-3-5-7-14/h3-11H,1-2H3. The summed E-state index contributed by atoms with van der Waals surface area (Å²) in [5.41, 5.74) is 2.47. The highest BCUT2D eigenvalue weighted by molar-refractivity contribution is 6.31. The van der Waals surface area contributed by atoms with Crippen LogP contribution in [0.4, 0.5) is 22.9 Å². The van der Waals surface area contributed by atoms with Crippen LogP contribution < -0.4 is 9.80 Å². The molecule has 0 aliphatic carbocycles. The minimum absolute atomic E-state index is 0.262. The maximum absolute atomic E-state index is 13.4. The fourth-order valence-corrected chi connectivity index (χ4v) is 3.23. The molecule has 0 spiro atoms. The first kappa shape index (κ1) is 16.4. The molecule has 0 N–H and O–H groups in total. The second kappa shape index (κ2) is 6.00. The molecule has 0 saturated carbocycles. The van der Waals surface area contributed by atoms with Crippen molar-refractivity contribution in [1.29, 1.82) is 0 Å². The first-order valence-corrected chi connectivity index (χ1v) is 8.38. The zero-order valence-electron chi connectivity index (χ0n) is 14.2. The van der Waals surface area contributed by atoms with Crippen molar-refractivity contribution in [2.75, 3.05) is 16.8 Å². The van der Waals surface area contributed by atoms with Gasteiger partial charge in [0.1, 0.15) is 5.56 Å². The van der Waals surface area contributed by atoms with Gasteiger partial charge in [-0.05, 0) is 30.3 Å². The smallest absolute Gasteiger partial charge is 0.268 e. The van der Waals surface area contributed by atoms with Crippen LogP contribution in [0.2, 0.25) is 5.02 Å². The summed E-state index contributed by atoms with van der Waals surface area (Å²) < 4.78 is 1.18. The largest absolute Gasteiger partial charge is 0.326 e. The van der Waals surface area contributed by atoms with Crippen LogP contribution in [0.15, 0.2) is 54.7 Å². The normalized spacial score (nSPS) is 13.3. The summed E-state index contributed by atoms with van der Waals surface area (Å²) in [6.45, 7) is 1.40. The van der Waals surface area contributed by atoms with Crippen molar-refractivity contribution in [2.24, 2.45) is 0 Å². The van der Waals surface area contributed by atoms with Crippen LogP contribution in [-0.2, 0) is 0 Å². The number of benzene rings is 2. The second-order valence-electron chi connectivity index (χ2n) is 6.00. The Morgan fingerprint density at radius 2 is 1.81 bits per heavy atom. The van der Waals surface area contributed by atoms with E-state index in [1.807, 2.05) is 43.4 Å². The number of anilines is 4. The number of halogens is 1. The van der Waals surface area contributed by atoms with E-state index in [0.29, 0.717) is 27.8 Å². The Bertz CT molecular complexity index is 1030. The fraction of sp³-hybridized carbons (Fsp3) is 0.105. The van der Waals surface area contributed by atoms with Crippen LogP contribution >= 0.6 is 11.6 Å². The molecular weight excluding hydrogens is 352 g/mol. The molecule has 0 unspecified atom stereocenters. The van der Waals surface area contributed by atoms with Gasteiger partial charge in [-0.1, -0.05) is 29.8 Å². The molecule has 26 heavy (non-hydrogen) atoms. The molecule has 0 fully saturated rings. The molecule has 1 aliphatic rings. The molecule has 130 valence electrons. The Morgan fingerprint density at radius 1 is 1.08 bits per heavy atom. The van der Waals surface area contributed by atoms with Gasteiger partial charge in [-0.15, -0.1) is 5.10 Å². The Hall–Kier alpha value is -3.12. The van der Waals surface area contributed by atoms with E-state index in [2.05, 4.69) is 5.10 Å². The van der Waals surface area contributed by atoms with Gasteiger partial charge in [0.15, 0.2) is 5.82 Å². The van der Waals surface area contributed by atoms with Crippen molar-refractivity contribution >= 4 is 46.3 Å². The maximum Gasteiger partial charge on any atom is 0.268 e. The fourth-order valence-electron chi connectivity index (χ4n) is 3.06. The Labute approximate surface area is 155 Å². The van der Waals surface area contributed by atoms with E-state index in [1.54, 1.807) is 21.9 Å². The van der Waals surface area contributed by atoms with Gasteiger partial charge < -0.3 is 4.90 Å². The summed E-state index contributed by atoms with van der Waals surface area (Å²) in [7, 11) is 1.81. The molecule has 0 atom stereocenters. The predicted octanol–water partition coefficient (Wildman–Crippen LogP) is 4.26. The van der Waals surface area contributed by atoms with Crippen LogP contribution in [0.5, 0.6) is 0 Å². The number of hydrogen-bond donors (Lipinski definition) is 0. The summed E-state index contributed by atoms with van der Waals surface area (Å²) in [6, 6.07) is 14.7. The third-order valence-electron chi connectivity index (χ3n) is 4.32. The van der Waals surface area contributed by atoms with Gasteiger partial charge in [0.25, 0.3) is 5.91 Å². The third kappa shape index (κ3) is 2.46. The lowest BCUT2D eigenvalue weighted by Gasteiger charge is -2.25. The van der Waals surface area contributed by atoms with E-state index >= 15 is 0 Å². The molecule has 6 nitrogen and oxygen atoms in total. The number of para-hydroxylation sites is 1. The lowest BCUT2D eigenvalue weighted by Crippen LogP contribution is -2.25. The molecule has 0 radical (unpaired) electrons. The van der Waals surface area contributed by atoms with Crippen LogP contribution in [0, 0.1) is 0 Å². The molecule has 1 aromatic heterocycles. The number of nitrogens with zero attached hydrogens (tertiary/aromatic N) is 4. The zero-order valence-corrected chi connectivity index (χ0v) is 14.9. The molecule has 1 amide bonds. The lowest BCUT2D eigenvalue weighted by atomic mass is 10.2. The van der Waals surface area contributed by atoms with Crippen LogP contribution in [0.1, 0.15) is 22.1 Å². The zero-order chi connectivity index (χ0) is 18.4. The number of amides is 1. The predicted molar refractivity (Wildman–Crippen MR) is 101 cm³/mol. The summed E-state index contributed by atoms with van der Waals surface area (Å²) in [5, 5.41) is 4.83. The lowest BCUT2D eigenvalue weighted by molar-refractivity contribution is 0.0921. The number of carbonyl (C=O) groups is 2. The Morgan fingerprint density at radius 3 is 2.50 bits per heavy atom. The molecule has 1 aliphatic heterocycles. The van der Waals surface area contributed by atoms with E-state index in [9.17, 15) is 9.59 Å². The minimum atomic E-state index is -0.272. The Balaban J connectivity index is 2.02.